The van der Waals surface area contributed by atoms with Crippen molar-refractivity contribution in [2.45, 2.75) is 6.42 Å². The maximum Gasteiger partial charge on any atom is 0.335 e. The van der Waals surface area contributed by atoms with Crippen molar-refractivity contribution in [2.24, 2.45) is 0 Å². The summed E-state index contributed by atoms with van der Waals surface area (Å²) in [4.78, 5) is 11.3. The van der Waals surface area contributed by atoms with Crippen LogP contribution in [0.4, 0.5) is 5.82 Å². The number of aromatic nitrogens is 2. The third-order valence-electron chi connectivity index (χ3n) is 4.41. The monoisotopic (exact) mass is 369 g/mol. The van der Waals surface area contributed by atoms with Crippen LogP contribution >= 0.6 is 11.6 Å². The van der Waals surface area contributed by atoms with Crippen LogP contribution < -0.4 is 10.1 Å². The van der Waals surface area contributed by atoms with Gasteiger partial charge in [0.15, 0.2) is 0 Å². The lowest BCUT2D eigenvalue weighted by Crippen LogP contribution is -2.06. The van der Waals surface area contributed by atoms with E-state index in [0.717, 1.165) is 35.6 Å². The molecule has 0 saturated heterocycles. The van der Waals surface area contributed by atoms with E-state index in [1.54, 1.807) is 36.1 Å². The number of nitrogens with zero attached hydrogens (tertiary/aromatic N) is 2. The molecule has 2 N–H and O–H groups in total. The van der Waals surface area contributed by atoms with E-state index in [2.05, 4.69) is 5.32 Å². The van der Waals surface area contributed by atoms with E-state index in [1.807, 2.05) is 18.2 Å². The molecule has 6 nitrogen and oxygen atoms in total. The average molecular weight is 370 g/mol. The number of hydrogen-bond acceptors (Lipinski definition) is 4. The van der Waals surface area contributed by atoms with Gasteiger partial charge in [-0.25, -0.2) is 9.48 Å². The van der Waals surface area contributed by atoms with E-state index in [9.17, 15) is 9.90 Å². The topological polar surface area (TPSA) is 76.4 Å². The highest BCUT2D eigenvalue weighted by Crippen LogP contribution is 2.39. The van der Waals surface area contributed by atoms with Gasteiger partial charge in [0.1, 0.15) is 17.3 Å². The van der Waals surface area contributed by atoms with Crippen LogP contribution in [0.3, 0.4) is 0 Å². The predicted octanol–water partition coefficient (Wildman–Crippen LogP) is 3.87. The molecule has 1 aliphatic heterocycles. The smallest absolute Gasteiger partial charge is 0.335 e. The second kappa shape index (κ2) is 6.38. The fraction of sp³-hybridized carbons (Fsp3) is 0.158. The van der Waals surface area contributed by atoms with Gasteiger partial charge in [-0.15, -0.1) is 0 Å². The van der Waals surface area contributed by atoms with Crippen LogP contribution in [0.25, 0.3) is 16.9 Å². The van der Waals surface area contributed by atoms with Crippen LogP contribution in [0.15, 0.2) is 42.5 Å². The van der Waals surface area contributed by atoms with Crippen molar-refractivity contribution >= 4 is 23.4 Å². The lowest BCUT2D eigenvalue weighted by molar-refractivity contribution is 0.0697. The normalized spacial score (nSPS) is 12.5. The number of carboxylic acid groups (broad SMARTS) is 1. The maximum atomic E-state index is 11.3. The molecule has 0 atom stereocenters. The largest absolute Gasteiger partial charge is 0.496 e. The molecule has 7 heteroatoms. The third-order valence-corrected chi connectivity index (χ3v) is 4.64. The predicted molar refractivity (Wildman–Crippen MR) is 99.7 cm³/mol. The lowest BCUT2D eigenvalue weighted by Gasteiger charge is -2.09. The fourth-order valence-electron chi connectivity index (χ4n) is 3.21. The van der Waals surface area contributed by atoms with Crippen LogP contribution in [0.1, 0.15) is 15.9 Å². The molecule has 132 valence electrons. The fourth-order valence-corrected chi connectivity index (χ4v) is 3.39. The number of ether oxygens (including phenoxy) is 1. The number of methoxy groups -OCH3 is 1. The van der Waals surface area contributed by atoms with Gasteiger partial charge in [0.05, 0.1) is 18.4 Å². The number of hydrogen-bond donors (Lipinski definition) is 2. The number of carbonyl (C=O) groups is 1. The molecule has 0 fully saturated rings. The molecule has 1 aromatic heterocycles. The molecule has 3 aromatic rings. The highest BCUT2D eigenvalue weighted by atomic mass is 35.5. The Kier molecular flexibility index (Phi) is 4.05. The van der Waals surface area contributed by atoms with Gasteiger partial charge in [0, 0.05) is 22.7 Å². The summed E-state index contributed by atoms with van der Waals surface area (Å²) in [5, 5.41) is 17.9. The molecule has 0 spiro atoms. The second-order valence-corrected chi connectivity index (χ2v) is 6.40. The van der Waals surface area contributed by atoms with Crippen LogP contribution in [0.5, 0.6) is 5.75 Å². The Hall–Kier alpha value is -2.99. The zero-order valence-electron chi connectivity index (χ0n) is 14.0. The average Bonchev–Trinajstić information content (AvgIpc) is 3.24. The van der Waals surface area contributed by atoms with Gasteiger partial charge in [-0.2, -0.15) is 5.10 Å². The summed E-state index contributed by atoms with van der Waals surface area (Å²) in [5.74, 6) is 0.581. The van der Waals surface area contributed by atoms with Gasteiger partial charge in [-0.05, 0) is 42.8 Å². The Morgan fingerprint density at radius 1 is 1.31 bits per heavy atom. The number of fused-ring (bicyclic) bond motifs is 1. The van der Waals surface area contributed by atoms with Crippen LogP contribution in [0.2, 0.25) is 5.02 Å². The van der Waals surface area contributed by atoms with Crippen molar-refractivity contribution in [3.05, 3.63) is 58.6 Å². The summed E-state index contributed by atoms with van der Waals surface area (Å²) in [6, 6.07) is 12.1. The van der Waals surface area contributed by atoms with Gasteiger partial charge in [-0.1, -0.05) is 17.7 Å². The number of halogens is 1. The van der Waals surface area contributed by atoms with Crippen molar-refractivity contribution in [1.29, 1.82) is 0 Å². The Morgan fingerprint density at radius 3 is 2.92 bits per heavy atom. The molecule has 0 amide bonds. The summed E-state index contributed by atoms with van der Waals surface area (Å²) in [5.41, 5.74) is 3.55. The highest BCUT2D eigenvalue weighted by molar-refractivity contribution is 6.31. The van der Waals surface area contributed by atoms with E-state index in [-0.39, 0.29) is 5.56 Å². The highest BCUT2D eigenvalue weighted by Gasteiger charge is 2.26. The van der Waals surface area contributed by atoms with Gasteiger partial charge >= 0.3 is 5.97 Å². The molecule has 0 aliphatic carbocycles. The molecular formula is C19H16ClN3O3. The third kappa shape index (κ3) is 2.68. The molecule has 0 saturated carbocycles. The van der Waals surface area contributed by atoms with Gasteiger partial charge in [-0.3, -0.25) is 0 Å². The van der Waals surface area contributed by atoms with Gasteiger partial charge < -0.3 is 15.2 Å². The number of rotatable bonds is 4. The van der Waals surface area contributed by atoms with Crippen LogP contribution in [-0.4, -0.2) is 34.5 Å². The van der Waals surface area contributed by atoms with Crippen molar-refractivity contribution in [1.82, 2.24) is 9.78 Å². The molecule has 0 unspecified atom stereocenters. The Labute approximate surface area is 155 Å². The van der Waals surface area contributed by atoms with E-state index >= 15 is 0 Å². The van der Waals surface area contributed by atoms with Crippen molar-refractivity contribution in [3.63, 3.8) is 0 Å². The molecule has 0 bridgehead atoms. The lowest BCUT2D eigenvalue weighted by atomic mass is 10.1. The molecule has 1 aliphatic rings. The Balaban J connectivity index is 1.91. The minimum absolute atomic E-state index is 0.214. The SMILES string of the molecule is COc1ccc(Cl)cc1-c1nn(-c2cccc(C(=O)O)c2)c2c1CCN2. The Morgan fingerprint density at radius 2 is 2.15 bits per heavy atom. The summed E-state index contributed by atoms with van der Waals surface area (Å²) in [6.45, 7) is 0.793. The van der Waals surface area contributed by atoms with Crippen molar-refractivity contribution in [2.75, 3.05) is 19.0 Å². The molecule has 26 heavy (non-hydrogen) atoms. The van der Waals surface area contributed by atoms with Crippen LogP contribution in [-0.2, 0) is 6.42 Å². The Bertz CT molecular complexity index is 1010. The van der Waals surface area contributed by atoms with Crippen LogP contribution in [0, 0.1) is 0 Å². The minimum Gasteiger partial charge on any atom is -0.496 e. The first kappa shape index (κ1) is 16.5. The van der Waals surface area contributed by atoms with Gasteiger partial charge in [0.25, 0.3) is 0 Å². The van der Waals surface area contributed by atoms with E-state index in [4.69, 9.17) is 21.4 Å². The standard InChI is InChI=1S/C19H16ClN3O3/c1-26-16-6-5-12(20)10-15(16)17-14-7-8-21-18(14)23(22-17)13-4-2-3-11(9-13)19(24)25/h2-6,9-10,21H,7-8H2,1H3,(H,24,25). The minimum atomic E-state index is -0.972. The van der Waals surface area contributed by atoms with Gasteiger partial charge in [0.2, 0.25) is 0 Å². The molecule has 2 heterocycles. The summed E-state index contributed by atoms with van der Waals surface area (Å²) < 4.78 is 7.21. The van der Waals surface area contributed by atoms with Crippen molar-refractivity contribution in [3.8, 4) is 22.7 Å². The number of aromatic carboxylic acids is 1. The quantitative estimate of drug-likeness (QED) is 0.730. The summed E-state index contributed by atoms with van der Waals surface area (Å²) in [6.07, 6.45) is 0.818. The first-order chi connectivity index (χ1) is 12.6. The first-order valence-electron chi connectivity index (χ1n) is 8.12. The molecule has 4 rings (SSSR count). The zero-order valence-corrected chi connectivity index (χ0v) is 14.7. The van der Waals surface area contributed by atoms with E-state index in [1.165, 1.54) is 0 Å². The zero-order chi connectivity index (χ0) is 18.3. The second-order valence-electron chi connectivity index (χ2n) is 5.96. The summed E-state index contributed by atoms with van der Waals surface area (Å²) in [7, 11) is 1.61. The first-order valence-corrected chi connectivity index (χ1v) is 8.49. The molecule has 0 radical (unpaired) electrons. The summed E-state index contributed by atoms with van der Waals surface area (Å²) >= 11 is 6.18. The number of anilines is 1. The van der Waals surface area contributed by atoms with Crippen molar-refractivity contribution < 1.29 is 14.6 Å². The van der Waals surface area contributed by atoms with E-state index in [0.29, 0.717) is 16.5 Å². The number of nitrogens with one attached hydrogen (secondary N) is 1. The molecule has 2 aromatic carbocycles. The molecular weight excluding hydrogens is 354 g/mol. The maximum absolute atomic E-state index is 11.3. The number of carboxylic acids is 1. The number of benzene rings is 2. The van der Waals surface area contributed by atoms with E-state index < -0.39 is 5.97 Å².